The van der Waals surface area contributed by atoms with Crippen molar-refractivity contribution in [3.8, 4) is 6.07 Å². The largest absolute Gasteiger partial charge is 0.417 e. The number of halogens is 3. The van der Waals surface area contributed by atoms with E-state index in [0.29, 0.717) is 18.7 Å². The van der Waals surface area contributed by atoms with Crippen molar-refractivity contribution in [2.45, 2.75) is 50.9 Å². The molecule has 0 aromatic heterocycles. The lowest BCUT2D eigenvalue weighted by molar-refractivity contribution is -0.137. The molecule has 6 heteroatoms. The van der Waals surface area contributed by atoms with E-state index in [1.54, 1.807) is 12.1 Å². The van der Waals surface area contributed by atoms with Crippen LogP contribution in [0.3, 0.4) is 0 Å². The van der Waals surface area contributed by atoms with Gasteiger partial charge in [-0.1, -0.05) is 13.8 Å². The van der Waals surface area contributed by atoms with Gasteiger partial charge >= 0.3 is 6.18 Å². The van der Waals surface area contributed by atoms with Gasteiger partial charge in [-0.3, -0.25) is 0 Å². The first-order valence-corrected chi connectivity index (χ1v) is 8.29. The second kappa shape index (κ2) is 5.66. The van der Waals surface area contributed by atoms with Crippen LogP contribution in [-0.2, 0) is 6.18 Å². The third-order valence-electron chi connectivity index (χ3n) is 5.28. The van der Waals surface area contributed by atoms with Gasteiger partial charge in [0.2, 0.25) is 0 Å². The number of nitriles is 1. The highest BCUT2D eigenvalue weighted by Crippen LogP contribution is 2.50. The molecule has 0 spiro atoms. The summed E-state index contributed by atoms with van der Waals surface area (Å²) in [4.78, 5) is 1.89. The Morgan fingerprint density at radius 1 is 1.33 bits per heavy atom. The van der Waals surface area contributed by atoms with Gasteiger partial charge in [0.1, 0.15) is 0 Å². The molecular weight excluding hydrogens is 317 g/mol. The molecule has 3 nitrogen and oxygen atoms in total. The molecule has 1 heterocycles. The van der Waals surface area contributed by atoms with Gasteiger partial charge < -0.3 is 10.0 Å². The zero-order valence-electron chi connectivity index (χ0n) is 13.8. The Morgan fingerprint density at radius 2 is 2.00 bits per heavy atom. The summed E-state index contributed by atoms with van der Waals surface area (Å²) in [7, 11) is 0. The molecule has 0 amide bonds. The fourth-order valence-corrected chi connectivity index (χ4v) is 4.15. The topological polar surface area (TPSA) is 47.3 Å². The van der Waals surface area contributed by atoms with E-state index in [1.807, 2.05) is 18.7 Å². The highest BCUT2D eigenvalue weighted by Gasteiger charge is 2.55. The Bertz CT molecular complexity index is 676. The number of nitrogens with zero attached hydrogens (tertiary/aromatic N) is 2. The third kappa shape index (κ3) is 2.75. The molecule has 1 N–H and O–H groups in total. The van der Waals surface area contributed by atoms with Gasteiger partial charge in [0.25, 0.3) is 0 Å². The van der Waals surface area contributed by atoms with Crippen LogP contribution in [0.4, 0.5) is 18.9 Å². The summed E-state index contributed by atoms with van der Waals surface area (Å²) in [5.41, 5.74) is -1.69. The maximum absolute atomic E-state index is 13.2. The van der Waals surface area contributed by atoms with Crippen LogP contribution in [0.25, 0.3) is 0 Å². The summed E-state index contributed by atoms with van der Waals surface area (Å²) in [6.45, 7) is 4.51. The van der Waals surface area contributed by atoms with Gasteiger partial charge in [0.05, 0.1) is 28.8 Å². The monoisotopic (exact) mass is 338 g/mol. The lowest BCUT2D eigenvalue weighted by Crippen LogP contribution is -2.49. The molecular formula is C18H21F3N2O. The van der Waals surface area contributed by atoms with Crippen LogP contribution in [0.2, 0.25) is 0 Å². The van der Waals surface area contributed by atoms with Crippen LogP contribution in [0.15, 0.2) is 18.2 Å². The van der Waals surface area contributed by atoms with E-state index in [1.165, 1.54) is 6.07 Å². The number of hydrogen-bond donors (Lipinski definition) is 1. The predicted molar refractivity (Wildman–Crippen MR) is 84.4 cm³/mol. The van der Waals surface area contributed by atoms with Crippen LogP contribution >= 0.6 is 0 Å². The summed E-state index contributed by atoms with van der Waals surface area (Å²) in [6, 6.07) is 5.23. The Labute approximate surface area is 139 Å². The predicted octanol–water partition coefficient (Wildman–Crippen LogP) is 3.95. The van der Waals surface area contributed by atoms with E-state index >= 15 is 0 Å². The van der Waals surface area contributed by atoms with Gasteiger partial charge in [-0.2, -0.15) is 18.4 Å². The third-order valence-corrected chi connectivity index (χ3v) is 5.28. The highest BCUT2D eigenvalue weighted by molar-refractivity contribution is 5.57. The lowest BCUT2D eigenvalue weighted by Gasteiger charge is -2.38. The maximum Gasteiger partial charge on any atom is 0.417 e. The molecule has 0 radical (unpaired) electrons. The van der Waals surface area contributed by atoms with E-state index in [9.17, 15) is 18.3 Å². The first-order valence-electron chi connectivity index (χ1n) is 8.29. The minimum Gasteiger partial charge on any atom is -0.387 e. The molecule has 3 rings (SSSR count). The van der Waals surface area contributed by atoms with Crippen LogP contribution in [-0.4, -0.2) is 23.3 Å². The summed E-state index contributed by atoms with van der Waals surface area (Å²) in [5.74, 6) is 0.360. The van der Waals surface area contributed by atoms with Crippen LogP contribution in [0.1, 0.15) is 44.2 Å². The molecule has 1 aliphatic carbocycles. The molecule has 0 unspecified atom stereocenters. The second-order valence-corrected chi connectivity index (χ2v) is 7.24. The van der Waals surface area contributed by atoms with E-state index in [-0.39, 0.29) is 23.4 Å². The van der Waals surface area contributed by atoms with E-state index in [0.717, 1.165) is 18.9 Å². The van der Waals surface area contributed by atoms with E-state index in [2.05, 4.69) is 0 Å². The molecule has 1 saturated carbocycles. The van der Waals surface area contributed by atoms with Crippen molar-refractivity contribution in [2.24, 2.45) is 11.8 Å². The normalized spacial score (nSPS) is 27.6. The van der Waals surface area contributed by atoms with Crippen LogP contribution in [0, 0.1) is 23.2 Å². The van der Waals surface area contributed by atoms with Crippen molar-refractivity contribution < 1.29 is 18.3 Å². The molecule has 1 aromatic carbocycles. The molecule has 130 valence electrons. The number of benzene rings is 1. The summed E-state index contributed by atoms with van der Waals surface area (Å²) >= 11 is 0. The first kappa shape index (κ1) is 17.1. The van der Waals surface area contributed by atoms with E-state index < -0.39 is 17.3 Å². The van der Waals surface area contributed by atoms with Gasteiger partial charge in [0, 0.05) is 12.2 Å². The molecule has 2 aliphatic rings. The number of hydrogen-bond acceptors (Lipinski definition) is 3. The quantitative estimate of drug-likeness (QED) is 0.908. The minimum atomic E-state index is -4.57. The lowest BCUT2D eigenvalue weighted by atomic mass is 9.82. The van der Waals surface area contributed by atoms with Gasteiger partial charge in [-0.15, -0.1) is 0 Å². The zero-order chi connectivity index (χ0) is 17.7. The van der Waals surface area contributed by atoms with Crippen molar-refractivity contribution in [3.63, 3.8) is 0 Å². The SMILES string of the molecule is CC(C)[C@@H]1N(c2ccc(C#N)c(C(F)(F)F)c2)CC[C@@]1(O)C1CC1. The zero-order valence-corrected chi connectivity index (χ0v) is 13.8. The number of alkyl halides is 3. The van der Waals surface area contributed by atoms with Crippen molar-refractivity contribution >= 4 is 5.69 Å². The molecule has 2 atom stereocenters. The van der Waals surface area contributed by atoms with Crippen molar-refractivity contribution in [3.05, 3.63) is 29.3 Å². The number of rotatable bonds is 3. The maximum atomic E-state index is 13.2. The smallest absolute Gasteiger partial charge is 0.387 e. The van der Waals surface area contributed by atoms with Crippen LogP contribution in [0.5, 0.6) is 0 Å². The average Bonchev–Trinajstić information content (AvgIpc) is 3.30. The number of anilines is 1. The van der Waals surface area contributed by atoms with Crippen molar-refractivity contribution in [2.75, 3.05) is 11.4 Å². The molecule has 1 aliphatic heterocycles. The first-order chi connectivity index (χ1) is 11.2. The average molecular weight is 338 g/mol. The summed E-state index contributed by atoms with van der Waals surface area (Å²) in [5, 5.41) is 20.0. The van der Waals surface area contributed by atoms with Gasteiger partial charge in [0.15, 0.2) is 0 Å². The molecule has 2 fully saturated rings. The van der Waals surface area contributed by atoms with Crippen LogP contribution < -0.4 is 4.90 Å². The van der Waals surface area contributed by atoms with Crippen molar-refractivity contribution in [1.82, 2.24) is 0 Å². The Kier molecular flexibility index (Phi) is 4.03. The van der Waals surface area contributed by atoms with Crippen molar-refractivity contribution in [1.29, 1.82) is 5.26 Å². The molecule has 1 saturated heterocycles. The van der Waals surface area contributed by atoms with E-state index in [4.69, 9.17) is 5.26 Å². The Balaban J connectivity index is 2.01. The minimum absolute atomic E-state index is 0.114. The second-order valence-electron chi connectivity index (χ2n) is 7.24. The number of aliphatic hydroxyl groups is 1. The fraction of sp³-hybridized carbons (Fsp3) is 0.611. The highest BCUT2D eigenvalue weighted by atomic mass is 19.4. The molecule has 0 bridgehead atoms. The fourth-order valence-electron chi connectivity index (χ4n) is 4.15. The standard InChI is InChI=1S/C18H21F3N2O/c1-11(2)16-17(24,13-4-5-13)7-8-23(16)14-6-3-12(10-22)15(9-14)18(19,20)21/h3,6,9,11,13,16,24H,4-5,7-8H2,1-2H3/t16-,17+/m0/s1. The molecule has 24 heavy (non-hydrogen) atoms. The van der Waals surface area contributed by atoms with Gasteiger partial charge in [-0.25, -0.2) is 0 Å². The van der Waals surface area contributed by atoms with Gasteiger partial charge in [-0.05, 0) is 49.3 Å². The Hall–Kier alpha value is -1.74. The Morgan fingerprint density at radius 3 is 2.50 bits per heavy atom. The molecule has 1 aromatic rings. The summed E-state index contributed by atoms with van der Waals surface area (Å²) < 4.78 is 39.7. The summed E-state index contributed by atoms with van der Waals surface area (Å²) in [6.07, 6.45) is -2.04.